The van der Waals surface area contributed by atoms with Gasteiger partial charge in [0.1, 0.15) is 4.93 Å². The van der Waals surface area contributed by atoms with Crippen LogP contribution in [0.5, 0.6) is 11.5 Å². The van der Waals surface area contributed by atoms with E-state index < -0.39 is 11.5 Å². The second kappa shape index (κ2) is 5.70. The molecule has 0 saturated carbocycles. The zero-order valence-electron chi connectivity index (χ0n) is 9.61. The number of hydrogen-bond acceptors (Lipinski definition) is 5. The van der Waals surface area contributed by atoms with Gasteiger partial charge in [0.25, 0.3) is 0 Å². The normalized spacial score (nSPS) is 22.0. The predicted octanol–water partition coefficient (Wildman–Crippen LogP) is 2.55. The van der Waals surface area contributed by atoms with Crippen LogP contribution in [0.1, 0.15) is 12.0 Å². The van der Waals surface area contributed by atoms with Crippen molar-refractivity contribution in [3.05, 3.63) is 22.7 Å². The molecular formula is C11H11ClF2O4S. The van der Waals surface area contributed by atoms with Crippen LogP contribution in [0.2, 0.25) is 5.02 Å². The summed E-state index contributed by atoms with van der Waals surface area (Å²) in [4.78, 5) is -1.44. The lowest BCUT2D eigenvalue weighted by Crippen LogP contribution is -2.30. The lowest BCUT2D eigenvalue weighted by Gasteiger charge is -2.34. The monoisotopic (exact) mass is 312 g/mol. The van der Waals surface area contributed by atoms with Crippen molar-refractivity contribution in [1.29, 1.82) is 0 Å². The minimum atomic E-state index is -3.02. The summed E-state index contributed by atoms with van der Waals surface area (Å²) in [5.41, 5.74) is 0.223. The summed E-state index contributed by atoms with van der Waals surface area (Å²) in [6.45, 7) is -2.90. The Morgan fingerprint density at radius 2 is 2.26 bits per heavy atom. The van der Waals surface area contributed by atoms with E-state index in [0.29, 0.717) is 0 Å². The Morgan fingerprint density at radius 1 is 1.53 bits per heavy atom. The molecule has 0 bridgehead atoms. The lowest BCUT2D eigenvalue weighted by atomic mass is 10.0. The number of thioether (sulfide) groups is 1. The molecule has 2 rings (SSSR count). The summed E-state index contributed by atoms with van der Waals surface area (Å²) in [5.74, 6) is -0.526. The summed E-state index contributed by atoms with van der Waals surface area (Å²) >= 11 is 6.69. The number of fused-ring (bicyclic) bond motifs is 1. The summed E-state index contributed by atoms with van der Waals surface area (Å²) < 4.78 is 34.3. The van der Waals surface area contributed by atoms with Crippen molar-refractivity contribution in [2.24, 2.45) is 0 Å². The van der Waals surface area contributed by atoms with Crippen LogP contribution in [0.15, 0.2) is 12.1 Å². The third-order valence-electron chi connectivity index (χ3n) is 2.65. The molecule has 1 aliphatic heterocycles. The van der Waals surface area contributed by atoms with Crippen LogP contribution >= 0.6 is 23.4 Å². The quantitative estimate of drug-likeness (QED) is 0.837. The van der Waals surface area contributed by atoms with Gasteiger partial charge in [-0.1, -0.05) is 23.4 Å². The van der Waals surface area contributed by atoms with E-state index in [2.05, 4.69) is 4.74 Å². The smallest absolute Gasteiger partial charge is 0.387 e. The van der Waals surface area contributed by atoms with E-state index in [0.717, 1.165) is 11.8 Å². The van der Waals surface area contributed by atoms with Crippen LogP contribution in [0, 0.1) is 0 Å². The first-order valence-electron chi connectivity index (χ1n) is 5.35. The third kappa shape index (κ3) is 3.05. The molecular weight excluding hydrogens is 302 g/mol. The fraction of sp³-hybridized carbons (Fsp3) is 0.455. The Morgan fingerprint density at radius 3 is 2.89 bits per heavy atom. The van der Waals surface area contributed by atoms with Crippen LogP contribution in [-0.4, -0.2) is 29.4 Å². The molecule has 1 aliphatic rings. The highest BCUT2D eigenvalue weighted by Crippen LogP contribution is 2.49. The Hall–Kier alpha value is -0.760. The molecule has 0 radical (unpaired) electrons. The molecule has 1 aromatic carbocycles. The number of hydrogen-bond donors (Lipinski definition) is 2. The highest BCUT2D eigenvalue weighted by atomic mass is 35.5. The molecule has 1 unspecified atom stereocenters. The Labute approximate surface area is 117 Å². The third-order valence-corrected chi connectivity index (χ3v) is 3.90. The molecule has 0 aromatic heterocycles. The average Bonchev–Trinajstić information content (AvgIpc) is 2.30. The van der Waals surface area contributed by atoms with Gasteiger partial charge >= 0.3 is 6.61 Å². The second-order valence-corrected chi connectivity index (χ2v) is 5.47. The SMILES string of the molecule is OCSC1(O)CCOc2c(OC(F)F)cc(Cl)cc21. The van der Waals surface area contributed by atoms with Gasteiger partial charge in [0.05, 0.1) is 12.5 Å². The van der Waals surface area contributed by atoms with Crippen molar-refractivity contribution in [1.82, 2.24) is 0 Å². The summed E-state index contributed by atoms with van der Waals surface area (Å²) in [7, 11) is 0. The number of alkyl halides is 2. The maximum absolute atomic E-state index is 12.3. The van der Waals surface area contributed by atoms with Crippen molar-refractivity contribution in [2.75, 3.05) is 12.5 Å². The fourth-order valence-corrected chi connectivity index (χ4v) is 2.83. The number of benzene rings is 1. The van der Waals surface area contributed by atoms with Gasteiger partial charge in [0.15, 0.2) is 11.5 Å². The summed E-state index contributed by atoms with van der Waals surface area (Å²) in [6.07, 6.45) is 0.208. The molecule has 2 N–H and O–H groups in total. The zero-order valence-corrected chi connectivity index (χ0v) is 11.2. The van der Waals surface area contributed by atoms with E-state index in [1.54, 1.807) is 0 Å². The Bertz CT molecular complexity index is 474. The highest BCUT2D eigenvalue weighted by molar-refractivity contribution is 7.99. The number of aliphatic hydroxyl groups excluding tert-OH is 1. The molecule has 0 saturated heterocycles. The maximum atomic E-state index is 12.3. The van der Waals surface area contributed by atoms with Gasteiger partial charge in [-0.15, -0.1) is 0 Å². The topological polar surface area (TPSA) is 58.9 Å². The lowest BCUT2D eigenvalue weighted by molar-refractivity contribution is -0.0526. The number of halogens is 3. The number of ether oxygens (including phenoxy) is 2. The van der Waals surface area contributed by atoms with Crippen molar-refractivity contribution >= 4 is 23.4 Å². The van der Waals surface area contributed by atoms with Crippen LogP contribution in [-0.2, 0) is 4.93 Å². The van der Waals surface area contributed by atoms with E-state index in [1.807, 2.05) is 0 Å². The van der Waals surface area contributed by atoms with Crippen molar-refractivity contribution < 1.29 is 28.5 Å². The minimum Gasteiger partial charge on any atom is -0.489 e. The summed E-state index contributed by atoms with van der Waals surface area (Å²) in [6, 6.07) is 2.61. The molecule has 1 atom stereocenters. The molecule has 8 heteroatoms. The van der Waals surface area contributed by atoms with Gasteiger partial charge in [-0.2, -0.15) is 8.78 Å². The Kier molecular flexibility index (Phi) is 4.39. The van der Waals surface area contributed by atoms with Crippen molar-refractivity contribution in [2.45, 2.75) is 18.0 Å². The fourth-order valence-electron chi connectivity index (χ4n) is 1.87. The van der Waals surface area contributed by atoms with E-state index in [4.69, 9.17) is 21.4 Å². The second-order valence-electron chi connectivity index (χ2n) is 3.82. The predicted molar refractivity (Wildman–Crippen MR) is 66.8 cm³/mol. The molecule has 0 amide bonds. The first kappa shape index (κ1) is 14.6. The number of rotatable bonds is 4. The van der Waals surface area contributed by atoms with Crippen LogP contribution < -0.4 is 9.47 Å². The molecule has 106 valence electrons. The number of aliphatic hydroxyl groups is 2. The van der Waals surface area contributed by atoms with E-state index in [1.165, 1.54) is 12.1 Å². The van der Waals surface area contributed by atoms with Crippen LogP contribution in [0.3, 0.4) is 0 Å². The highest BCUT2D eigenvalue weighted by Gasteiger charge is 2.38. The van der Waals surface area contributed by atoms with Gasteiger partial charge in [0.2, 0.25) is 0 Å². The summed E-state index contributed by atoms with van der Waals surface area (Å²) in [5, 5.41) is 19.5. The molecule has 0 aliphatic carbocycles. The zero-order chi connectivity index (χ0) is 14.0. The molecule has 0 spiro atoms. The van der Waals surface area contributed by atoms with Crippen molar-refractivity contribution in [3.63, 3.8) is 0 Å². The molecule has 1 heterocycles. The van der Waals surface area contributed by atoms with Gasteiger partial charge in [0, 0.05) is 23.1 Å². The maximum Gasteiger partial charge on any atom is 0.387 e. The van der Waals surface area contributed by atoms with Gasteiger partial charge in [-0.25, -0.2) is 0 Å². The van der Waals surface area contributed by atoms with Crippen LogP contribution in [0.4, 0.5) is 8.78 Å². The standard InChI is InChI=1S/C11H11ClF2O4S/c12-6-3-7-9(8(4-6)18-10(13)14)17-2-1-11(7,16)19-5-15/h3-4,10,15-16H,1-2,5H2. The largest absolute Gasteiger partial charge is 0.489 e. The molecule has 0 fully saturated rings. The van der Waals surface area contributed by atoms with Crippen LogP contribution in [0.25, 0.3) is 0 Å². The first-order valence-corrected chi connectivity index (χ1v) is 6.71. The molecule has 4 nitrogen and oxygen atoms in total. The average molecular weight is 313 g/mol. The van der Waals surface area contributed by atoms with Crippen molar-refractivity contribution in [3.8, 4) is 11.5 Å². The Balaban J connectivity index is 2.49. The van der Waals surface area contributed by atoms with E-state index >= 15 is 0 Å². The van der Waals surface area contributed by atoms with Gasteiger partial charge < -0.3 is 19.7 Å². The molecule has 1 aromatic rings. The van der Waals surface area contributed by atoms with Gasteiger partial charge in [-0.3, -0.25) is 0 Å². The minimum absolute atomic E-state index is 0.0272. The first-order chi connectivity index (χ1) is 8.96. The van der Waals surface area contributed by atoms with E-state index in [-0.39, 0.29) is 41.1 Å². The molecule has 19 heavy (non-hydrogen) atoms. The van der Waals surface area contributed by atoms with E-state index in [9.17, 15) is 13.9 Å². The van der Waals surface area contributed by atoms with Gasteiger partial charge in [-0.05, 0) is 6.07 Å².